The van der Waals surface area contributed by atoms with E-state index in [1.165, 1.54) is 19.2 Å². The van der Waals surface area contributed by atoms with Gasteiger partial charge in [0, 0.05) is 43.6 Å². The molecule has 198 valence electrons. The topological polar surface area (TPSA) is 88.9 Å². The summed E-state index contributed by atoms with van der Waals surface area (Å²) in [6, 6.07) is 12.3. The third-order valence-corrected chi connectivity index (χ3v) is 7.29. The molecule has 0 spiro atoms. The molecule has 2 aliphatic heterocycles. The van der Waals surface area contributed by atoms with Gasteiger partial charge in [-0.3, -0.25) is 4.79 Å². The average molecular weight is 560 g/mol. The molecule has 0 aliphatic carbocycles. The number of piperazine rings is 1. The predicted molar refractivity (Wildman–Crippen MR) is 141 cm³/mol. The van der Waals surface area contributed by atoms with Crippen molar-refractivity contribution in [2.75, 3.05) is 43.5 Å². The molecular formula is C26H24Cl2FN5O4. The lowest BCUT2D eigenvalue weighted by atomic mass is 9.94. The van der Waals surface area contributed by atoms with Crippen LogP contribution in [0.1, 0.15) is 18.5 Å². The van der Waals surface area contributed by atoms with Crippen LogP contribution in [0.2, 0.25) is 10.0 Å². The number of rotatable bonds is 4. The Morgan fingerprint density at radius 2 is 1.74 bits per heavy atom. The number of halogens is 3. The van der Waals surface area contributed by atoms with Crippen LogP contribution in [-0.2, 0) is 9.53 Å². The minimum absolute atomic E-state index is 0.0128. The lowest BCUT2D eigenvalue weighted by molar-refractivity contribution is -0.128. The first-order valence-corrected chi connectivity index (χ1v) is 12.6. The van der Waals surface area contributed by atoms with Gasteiger partial charge < -0.3 is 24.6 Å². The maximum absolute atomic E-state index is 14.0. The number of fused-ring (bicyclic) bond motifs is 1. The van der Waals surface area contributed by atoms with Crippen molar-refractivity contribution in [1.82, 2.24) is 14.7 Å². The molecule has 1 fully saturated rings. The van der Waals surface area contributed by atoms with Gasteiger partial charge in [-0.15, -0.1) is 5.10 Å². The van der Waals surface area contributed by atoms with Crippen molar-refractivity contribution in [1.29, 1.82) is 0 Å². The number of hydrogen-bond acceptors (Lipinski definition) is 7. The van der Waals surface area contributed by atoms with Crippen LogP contribution in [0.4, 0.5) is 20.7 Å². The van der Waals surface area contributed by atoms with Gasteiger partial charge in [0.15, 0.2) is 0 Å². The van der Waals surface area contributed by atoms with Gasteiger partial charge in [0.1, 0.15) is 17.7 Å². The summed E-state index contributed by atoms with van der Waals surface area (Å²) in [4.78, 5) is 29.6. The Morgan fingerprint density at radius 3 is 2.39 bits per heavy atom. The number of nitrogens with zero attached hydrogens (tertiary/aromatic N) is 4. The molecule has 1 atom stereocenters. The molecule has 9 nitrogen and oxygen atoms in total. The molecule has 0 bridgehead atoms. The number of benzene rings is 2. The van der Waals surface area contributed by atoms with E-state index in [-0.39, 0.29) is 17.6 Å². The van der Waals surface area contributed by atoms with E-state index in [1.54, 1.807) is 46.0 Å². The summed E-state index contributed by atoms with van der Waals surface area (Å²) >= 11 is 12.5. The molecule has 0 radical (unpaired) electrons. The molecule has 3 heterocycles. The zero-order chi connectivity index (χ0) is 27.0. The number of carbonyl (C=O) groups excluding carboxylic acids is 2. The number of methoxy groups -OCH3 is 1. The van der Waals surface area contributed by atoms with Crippen molar-refractivity contribution in [3.63, 3.8) is 0 Å². The van der Waals surface area contributed by atoms with Crippen molar-refractivity contribution >= 4 is 46.8 Å². The highest BCUT2D eigenvalue weighted by Gasteiger charge is 2.37. The van der Waals surface area contributed by atoms with Gasteiger partial charge >= 0.3 is 6.16 Å². The fraction of sp³-hybridized carbons (Fsp3) is 0.269. The van der Waals surface area contributed by atoms with E-state index in [9.17, 15) is 14.0 Å². The van der Waals surface area contributed by atoms with Gasteiger partial charge in [-0.25, -0.2) is 13.9 Å². The highest BCUT2D eigenvalue weighted by atomic mass is 35.5. The summed E-state index contributed by atoms with van der Waals surface area (Å²) < 4.78 is 24.6. The van der Waals surface area contributed by atoms with E-state index in [1.807, 2.05) is 6.92 Å². The number of nitrogens with one attached hydrogen (secondary N) is 1. The van der Waals surface area contributed by atoms with Crippen LogP contribution in [-0.4, -0.2) is 60.0 Å². The summed E-state index contributed by atoms with van der Waals surface area (Å²) in [6.07, 6.45) is -0.911. The van der Waals surface area contributed by atoms with Gasteiger partial charge in [0.2, 0.25) is 5.88 Å². The SMILES string of the molecule is COC(=O)Oc1cc2n(n1)C(c1ccc(Cl)c(Cl)c1)C(C(=O)N1CCN(c3ccc(F)cc3)CC1)=C(C)N2. The molecule has 12 heteroatoms. The van der Waals surface area contributed by atoms with Gasteiger partial charge in [-0.1, -0.05) is 29.3 Å². The van der Waals surface area contributed by atoms with Crippen molar-refractivity contribution < 1.29 is 23.5 Å². The molecule has 5 rings (SSSR count). The fourth-order valence-corrected chi connectivity index (χ4v) is 4.99. The average Bonchev–Trinajstić information content (AvgIpc) is 3.31. The van der Waals surface area contributed by atoms with E-state index < -0.39 is 12.2 Å². The van der Waals surface area contributed by atoms with Crippen LogP contribution < -0.4 is 15.0 Å². The molecule has 3 aromatic rings. The maximum Gasteiger partial charge on any atom is 0.514 e. The number of aromatic nitrogens is 2. The molecule has 1 aromatic heterocycles. The third-order valence-electron chi connectivity index (χ3n) is 6.55. The molecule has 2 aliphatic rings. The summed E-state index contributed by atoms with van der Waals surface area (Å²) in [5.41, 5.74) is 2.69. The minimum Gasteiger partial charge on any atom is -0.437 e. The largest absolute Gasteiger partial charge is 0.514 e. The summed E-state index contributed by atoms with van der Waals surface area (Å²) in [5.74, 6) is 0.0802. The van der Waals surface area contributed by atoms with Crippen LogP contribution >= 0.6 is 23.2 Å². The van der Waals surface area contributed by atoms with Crippen LogP contribution in [0.5, 0.6) is 5.88 Å². The first-order chi connectivity index (χ1) is 18.2. The van der Waals surface area contributed by atoms with E-state index in [0.29, 0.717) is 58.9 Å². The normalized spacial score (nSPS) is 17.1. The number of ether oxygens (including phenoxy) is 2. The molecule has 1 saturated heterocycles. The van der Waals surface area contributed by atoms with E-state index in [0.717, 1.165) is 5.69 Å². The standard InChI is InChI=1S/C26H24Cl2FN5O4/c1-15-23(25(35)33-11-9-32(10-12-33)18-6-4-17(29)5-7-18)24(16-3-8-19(27)20(28)13-16)34-21(30-15)14-22(31-34)38-26(36)37-2/h3-8,13-14,24,30H,9-12H2,1-2H3. The number of hydrogen-bond donors (Lipinski definition) is 1. The third kappa shape index (κ3) is 5.01. The molecule has 0 saturated carbocycles. The van der Waals surface area contributed by atoms with Gasteiger partial charge in [0.05, 0.1) is 22.7 Å². The van der Waals surface area contributed by atoms with Crippen molar-refractivity contribution in [3.8, 4) is 5.88 Å². The number of carbonyl (C=O) groups is 2. The van der Waals surface area contributed by atoms with Gasteiger partial charge in [0.25, 0.3) is 5.91 Å². The Balaban J connectivity index is 1.45. The Hall–Kier alpha value is -3.76. The van der Waals surface area contributed by atoms with Crippen LogP contribution in [0, 0.1) is 5.82 Å². The summed E-state index contributed by atoms with van der Waals surface area (Å²) in [5, 5.41) is 8.35. The van der Waals surface area contributed by atoms with Crippen LogP contribution in [0.15, 0.2) is 59.8 Å². The van der Waals surface area contributed by atoms with Crippen LogP contribution in [0.25, 0.3) is 0 Å². The molecule has 1 N–H and O–H groups in total. The first kappa shape index (κ1) is 25.9. The molecule has 1 amide bonds. The molecular weight excluding hydrogens is 536 g/mol. The summed E-state index contributed by atoms with van der Waals surface area (Å²) in [6.45, 7) is 3.95. The number of allylic oxidation sites excluding steroid dienone is 1. The lowest BCUT2D eigenvalue weighted by Gasteiger charge is -2.38. The van der Waals surface area contributed by atoms with Gasteiger partial charge in [-0.05, 0) is 48.9 Å². The number of amides is 1. The zero-order valence-electron chi connectivity index (χ0n) is 20.6. The zero-order valence-corrected chi connectivity index (χ0v) is 22.1. The maximum atomic E-state index is 14.0. The number of anilines is 2. The molecule has 1 unspecified atom stereocenters. The Morgan fingerprint density at radius 1 is 1.03 bits per heavy atom. The first-order valence-electron chi connectivity index (χ1n) is 11.8. The van der Waals surface area contributed by atoms with Crippen molar-refractivity contribution in [2.24, 2.45) is 0 Å². The minimum atomic E-state index is -0.911. The molecule has 38 heavy (non-hydrogen) atoms. The predicted octanol–water partition coefficient (Wildman–Crippen LogP) is 5.11. The van der Waals surface area contributed by atoms with Crippen molar-refractivity contribution in [2.45, 2.75) is 13.0 Å². The second kappa shape index (κ2) is 10.5. The van der Waals surface area contributed by atoms with E-state index in [4.69, 9.17) is 27.9 Å². The monoisotopic (exact) mass is 559 g/mol. The van der Waals surface area contributed by atoms with Crippen LogP contribution in [0.3, 0.4) is 0 Å². The second-order valence-electron chi connectivity index (χ2n) is 8.86. The van der Waals surface area contributed by atoms with Crippen molar-refractivity contribution in [3.05, 3.63) is 81.2 Å². The quantitative estimate of drug-likeness (QED) is 0.444. The lowest BCUT2D eigenvalue weighted by Crippen LogP contribution is -2.50. The Labute approximate surface area is 228 Å². The summed E-state index contributed by atoms with van der Waals surface area (Å²) in [7, 11) is 1.20. The van der Waals surface area contributed by atoms with E-state index in [2.05, 4.69) is 20.1 Å². The molecule has 2 aromatic carbocycles. The highest BCUT2D eigenvalue weighted by Crippen LogP contribution is 2.40. The highest BCUT2D eigenvalue weighted by molar-refractivity contribution is 6.42. The Kier molecular flexibility index (Phi) is 7.18. The Bertz CT molecular complexity index is 1420. The smallest absolute Gasteiger partial charge is 0.437 e. The van der Waals surface area contributed by atoms with E-state index >= 15 is 0 Å². The van der Waals surface area contributed by atoms with Gasteiger partial charge in [-0.2, -0.15) is 0 Å². The second-order valence-corrected chi connectivity index (χ2v) is 9.68. The fourth-order valence-electron chi connectivity index (χ4n) is 4.68.